The van der Waals surface area contributed by atoms with Gasteiger partial charge in [-0.15, -0.1) is 0 Å². The van der Waals surface area contributed by atoms with Gasteiger partial charge in [-0.2, -0.15) is 15.0 Å². The second-order valence-electron chi connectivity index (χ2n) is 11.6. The summed E-state index contributed by atoms with van der Waals surface area (Å²) in [5.74, 6) is 2.16. The van der Waals surface area contributed by atoms with Crippen LogP contribution < -0.4 is 14.7 Å². The molecule has 1 aromatic heterocycles. The van der Waals surface area contributed by atoms with E-state index in [9.17, 15) is 0 Å². The van der Waals surface area contributed by atoms with E-state index in [-0.39, 0.29) is 0 Å². The van der Waals surface area contributed by atoms with E-state index in [1.54, 1.807) is 0 Å². The molecule has 0 unspecified atom stereocenters. The molecule has 6 nitrogen and oxygen atoms in total. The summed E-state index contributed by atoms with van der Waals surface area (Å²) in [6.07, 6.45) is 0. The fraction of sp³-hybridized carbons (Fsp3) is 0.417. The quantitative estimate of drug-likeness (QED) is 0.175. The average Bonchev–Trinajstić information content (AvgIpc) is 2.96. The third-order valence-corrected chi connectivity index (χ3v) is 8.18. The van der Waals surface area contributed by atoms with Crippen molar-refractivity contribution in [3.63, 3.8) is 0 Å². The maximum Gasteiger partial charge on any atom is 0.232 e. The zero-order chi connectivity index (χ0) is 30.4. The Morgan fingerprint density at radius 3 is 1.31 bits per heavy atom. The fourth-order valence-electron chi connectivity index (χ4n) is 5.38. The summed E-state index contributed by atoms with van der Waals surface area (Å²) in [5.41, 5.74) is 11.5. The zero-order valence-electron chi connectivity index (χ0n) is 27.1. The number of aryl methyl sites for hydroxylation is 6. The molecule has 0 fully saturated rings. The number of aromatic nitrogens is 3. The molecule has 0 aliphatic rings. The molecule has 0 amide bonds. The average molecular weight is 565 g/mol. The molecule has 0 aliphatic carbocycles. The molecule has 0 bridgehead atoms. The van der Waals surface area contributed by atoms with Crippen LogP contribution in [0.3, 0.4) is 0 Å². The summed E-state index contributed by atoms with van der Waals surface area (Å²) in [7, 11) is 0. The molecule has 3 aromatic carbocycles. The predicted molar refractivity (Wildman–Crippen MR) is 178 cm³/mol. The topological polar surface area (TPSA) is 48.4 Å². The standard InChI is InChI=1S/C36H48N6/c1-10-40(11-2)34-37-35(41(12-3)22-31-18-15-25(4)19-30(31)9)39-36(38-34)42(23-32-20-26(5)13-16-28(32)7)24-33-21-27(6)14-17-29(33)8/h13-21H,10-12,22-24H2,1-9H3. The summed E-state index contributed by atoms with van der Waals surface area (Å²) < 4.78 is 0. The first-order valence-electron chi connectivity index (χ1n) is 15.3. The lowest BCUT2D eigenvalue weighted by atomic mass is 10.0. The van der Waals surface area contributed by atoms with Gasteiger partial charge in [0, 0.05) is 39.3 Å². The highest BCUT2D eigenvalue weighted by Crippen LogP contribution is 2.26. The first-order valence-corrected chi connectivity index (χ1v) is 15.3. The van der Waals surface area contributed by atoms with Gasteiger partial charge in [-0.1, -0.05) is 71.3 Å². The summed E-state index contributed by atoms with van der Waals surface area (Å²) in [5, 5.41) is 0. The molecule has 4 rings (SSSR count). The smallest absolute Gasteiger partial charge is 0.232 e. The first kappa shape index (κ1) is 31.0. The largest absolute Gasteiger partial charge is 0.341 e. The minimum absolute atomic E-state index is 0.711. The van der Waals surface area contributed by atoms with Crippen LogP contribution in [0.4, 0.5) is 17.8 Å². The number of hydrogen-bond donors (Lipinski definition) is 0. The molecule has 42 heavy (non-hydrogen) atoms. The molecular formula is C36H48N6. The van der Waals surface area contributed by atoms with Crippen LogP contribution in [0.25, 0.3) is 0 Å². The van der Waals surface area contributed by atoms with Gasteiger partial charge in [-0.05, 0) is 95.7 Å². The van der Waals surface area contributed by atoms with Crippen molar-refractivity contribution in [1.29, 1.82) is 0 Å². The fourth-order valence-corrected chi connectivity index (χ4v) is 5.38. The molecule has 0 radical (unpaired) electrons. The third-order valence-electron chi connectivity index (χ3n) is 8.18. The maximum atomic E-state index is 5.20. The van der Waals surface area contributed by atoms with Crippen molar-refractivity contribution in [1.82, 2.24) is 15.0 Å². The van der Waals surface area contributed by atoms with E-state index in [0.29, 0.717) is 19.0 Å². The van der Waals surface area contributed by atoms with Crippen molar-refractivity contribution >= 4 is 17.8 Å². The van der Waals surface area contributed by atoms with Crippen LogP contribution in [0.2, 0.25) is 0 Å². The van der Waals surface area contributed by atoms with Crippen LogP contribution in [0.1, 0.15) is 70.8 Å². The van der Waals surface area contributed by atoms with Crippen molar-refractivity contribution in [2.75, 3.05) is 34.3 Å². The molecule has 4 aromatic rings. The van der Waals surface area contributed by atoms with Crippen molar-refractivity contribution in [3.05, 3.63) is 105 Å². The molecule has 0 aliphatic heterocycles. The number of anilines is 3. The Balaban J connectivity index is 1.84. The second kappa shape index (κ2) is 13.8. The highest BCUT2D eigenvalue weighted by Gasteiger charge is 2.21. The van der Waals surface area contributed by atoms with E-state index in [0.717, 1.165) is 38.1 Å². The SMILES string of the molecule is CCN(CC)c1nc(N(CC)Cc2ccc(C)cc2C)nc(N(Cc2cc(C)ccc2C)Cc2cc(C)ccc2C)n1. The van der Waals surface area contributed by atoms with Gasteiger partial charge < -0.3 is 14.7 Å². The molecule has 1 heterocycles. The summed E-state index contributed by atoms with van der Waals surface area (Å²) in [6.45, 7) is 24.1. The molecule has 0 N–H and O–H groups in total. The number of nitrogens with zero attached hydrogens (tertiary/aromatic N) is 6. The number of benzene rings is 3. The van der Waals surface area contributed by atoms with E-state index in [2.05, 4.69) is 132 Å². The Bertz CT molecular complexity index is 1450. The van der Waals surface area contributed by atoms with Crippen molar-refractivity contribution in [3.8, 4) is 0 Å². The monoisotopic (exact) mass is 564 g/mol. The van der Waals surface area contributed by atoms with Gasteiger partial charge in [-0.3, -0.25) is 0 Å². The highest BCUT2D eigenvalue weighted by molar-refractivity contribution is 5.49. The van der Waals surface area contributed by atoms with Crippen molar-refractivity contribution < 1.29 is 0 Å². The Labute approximate surface area is 253 Å². The van der Waals surface area contributed by atoms with E-state index >= 15 is 0 Å². The summed E-state index contributed by atoms with van der Waals surface area (Å²) >= 11 is 0. The van der Waals surface area contributed by atoms with Crippen LogP contribution in [0, 0.1) is 41.5 Å². The third kappa shape index (κ3) is 7.47. The van der Waals surface area contributed by atoms with Crippen LogP contribution in [-0.4, -0.2) is 34.6 Å². The Kier molecular flexibility index (Phi) is 10.2. The molecule has 6 heteroatoms. The normalized spacial score (nSPS) is 11.1. The van der Waals surface area contributed by atoms with Gasteiger partial charge in [0.15, 0.2) is 0 Å². The Hall–Kier alpha value is -3.93. The van der Waals surface area contributed by atoms with Gasteiger partial charge >= 0.3 is 0 Å². The van der Waals surface area contributed by atoms with Crippen LogP contribution in [-0.2, 0) is 19.6 Å². The number of rotatable bonds is 12. The van der Waals surface area contributed by atoms with Crippen molar-refractivity contribution in [2.24, 2.45) is 0 Å². The summed E-state index contributed by atoms with van der Waals surface area (Å²) in [6, 6.07) is 20.0. The van der Waals surface area contributed by atoms with E-state index in [4.69, 9.17) is 15.0 Å². The van der Waals surface area contributed by atoms with E-state index in [1.165, 1.54) is 50.1 Å². The second-order valence-corrected chi connectivity index (χ2v) is 11.6. The van der Waals surface area contributed by atoms with E-state index < -0.39 is 0 Å². The van der Waals surface area contributed by atoms with Crippen LogP contribution >= 0.6 is 0 Å². The Morgan fingerprint density at radius 2 is 0.833 bits per heavy atom. The lowest BCUT2D eigenvalue weighted by molar-refractivity contribution is 0.718. The van der Waals surface area contributed by atoms with Gasteiger partial charge in [0.25, 0.3) is 0 Å². The molecular weight excluding hydrogens is 516 g/mol. The number of hydrogen-bond acceptors (Lipinski definition) is 6. The molecule has 0 spiro atoms. The summed E-state index contributed by atoms with van der Waals surface area (Å²) in [4.78, 5) is 22.2. The molecule has 0 atom stereocenters. The van der Waals surface area contributed by atoms with Crippen LogP contribution in [0.15, 0.2) is 54.6 Å². The van der Waals surface area contributed by atoms with Gasteiger partial charge in [0.1, 0.15) is 0 Å². The van der Waals surface area contributed by atoms with Gasteiger partial charge in [0.05, 0.1) is 0 Å². The lowest BCUT2D eigenvalue weighted by Crippen LogP contribution is -2.32. The maximum absolute atomic E-state index is 5.20. The highest BCUT2D eigenvalue weighted by atomic mass is 15.4. The first-order chi connectivity index (χ1) is 20.1. The minimum atomic E-state index is 0.711. The molecule has 0 saturated heterocycles. The molecule has 0 saturated carbocycles. The van der Waals surface area contributed by atoms with Gasteiger partial charge in [0.2, 0.25) is 17.8 Å². The zero-order valence-corrected chi connectivity index (χ0v) is 27.1. The lowest BCUT2D eigenvalue weighted by Gasteiger charge is -2.29. The van der Waals surface area contributed by atoms with Crippen LogP contribution in [0.5, 0.6) is 0 Å². The van der Waals surface area contributed by atoms with Crippen molar-refractivity contribution in [2.45, 2.75) is 81.9 Å². The van der Waals surface area contributed by atoms with E-state index in [1.807, 2.05) is 0 Å². The van der Waals surface area contributed by atoms with Gasteiger partial charge in [-0.25, -0.2) is 0 Å². The minimum Gasteiger partial charge on any atom is -0.341 e. The Morgan fingerprint density at radius 1 is 0.429 bits per heavy atom. The predicted octanol–water partition coefficient (Wildman–Crippen LogP) is 7.80. The molecule has 222 valence electrons.